The average Bonchev–Trinajstić information content (AvgIpc) is 2.83. The van der Waals surface area contributed by atoms with Gasteiger partial charge in [-0.2, -0.15) is 4.31 Å². The Morgan fingerprint density at radius 2 is 1.94 bits per heavy atom. The fourth-order valence-electron chi connectivity index (χ4n) is 4.58. The SMILES string of the molecule is Cc1cc2c(cc1S(=O)(=O)N1CCC[C@H](C(=O)Nc3cccc4ccccc34)C1)OCC(=O)N2. The minimum atomic E-state index is -3.85. The van der Waals surface area contributed by atoms with E-state index in [1.807, 2.05) is 42.5 Å². The van der Waals surface area contributed by atoms with E-state index in [1.54, 1.807) is 13.0 Å². The number of nitrogens with zero attached hydrogens (tertiary/aromatic N) is 1. The standard InChI is InChI=1S/C25H25N3O5S/c1-16-12-21-22(33-15-24(29)26-21)13-23(16)34(31,32)28-11-5-8-18(14-28)25(30)27-20-10-4-7-17-6-2-3-9-19(17)20/h2-4,6-7,9-10,12-13,18H,5,8,11,14-15H2,1H3,(H,26,29)(H,27,30)/t18-/m0/s1. The summed E-state index contributed by atoms with van der Waals surface area (Å²) in [4.78, 5) is 24.8. The lowest BCUT2D eigenvalue weighted by Gasteiger charge is -2.32. The van der Waals surface area contributed by atoms with Gasteiger partial charge in [0.15, 0.2) is 6.61 Å². The number of anilines is 2. The van der Waals surface area contributed by atoms with Crippen molar-refractivity contribution in [3.8, 4) is 5.75 Å². The Morgan fingerprint density at radius 1 is 1.15 bits per heavy atom. The minimum Gasteiger partial charge on any atom is -0.482 e. The number of ether oxygens (including phenoxy) is 1. The summed E-state index contributed by atoms with van der Waals surface area (Å²) in [7, 11) is -3.85. The third kappa shape index (κ3) is 4.12. The van der Waals surface area contributed by atoms with Crippen LogP contribution in [0.5, 0.6) is 5.75 Å². The smallest absolute Gasteiger partial charge is 0.262 e. The molecule has 8 nitrogen and oxygen atoms in total. The maximum Gasteiger partial charge on any atom is 0.262 e. The number of carbonyl (C=O) groups is 2. The molecule has 0 bridgehead atoms. The molecule has 1 saturated heterocycles. The van der Waals surface area contributed by atoms with Gasteiger partial charge in [-0.15, -0.1) is 0 Å². The molecule has 2 amide bonds. The van der Waals surface area contributed by atoms with Crippen molar-refractivity contribution in [1.29, 1.82) is 0 Å². The Hall–Kier alpha value is -3.43. The summed E-state index contributed by atoms with van der Waals surface area (Å²) in [5, 5.41) is 7.66. The van der Waals surface area contributed by atoms with E-state index in [4.69, 9.17) is 4.74 Å². The molecule has 2 N–H and O–H groups in total. The Morgan fingerprint density at radius 3 is 2.79 bits per heavy atom. The molecule has 0 radical (unpaired) electrons. The maximum atomic E-state index is 13.5. The molecule has 1 atom stereocenters. The van der Waals surface area contributed by atoms with Crippen LogP contribution in [0, 0.1) is 12.8 Å². The first-order valence-corrected chi connectivity index (χ1v) is 12.6. The predicted octanol–water partition coefficient (Wildman–Crippen LogP) is 3.52. The molecular formula is C25H25N3O5S. The van der Waals surface area contributed by atoms with Gasteiger partial charge in [-0.05, 0) is 42.8 Å². The van der Waals surface area contributed by atoms with E-state index in [1.165, 1.54) is 10.4 Å². The van der Waals surface area contributed by atoms with Crippen molar-refractivity contribution in [2.24, 2.45) is 5.92 Å². The molecule has 3 aromatic carbocycles. The molecule has 2 aliphatic heterocycles. The van der Waals surface area contributed by atoms with Gasteiger partial charge in [0.05, 0.1) is 16.5 Å². The summed E-state index contributed by atoms with van der Waals surface area (Å²) in [6, 6.07) is 16.6. The Kier molecular flexibility index (Phi) is 5.75. The fraction of sp³-hybridized carbons (Fsp3) is 0.280. The molecule has 0 aliphatic carbocycles. The summed E-state index contributed by atoms with van der Waals surface area (Å²) < 4.78 is 33.8. The molecule has 3 aromatic rings. The van der Waals surface area contributed by atoms with Crippen molar-refractivity contribution in [2.75, 3.05) is 30.3 Å². The van der Waals surface area contributed by atoms with Gasteiger partial charge in [0.2, 0.25) is 15.9 Å². The number of sulfonamides is 1. The lowest BCUT2D eigenvalue weighted by Crippen LogP contribution is -2.43. The van der Waals surface area contributed by atoms with E-state index in [0.717, 1.165) is 10.8 Å². The van der Waals surface area contributed by atoms with E-state index >= 15 is 0 Å². The largest absolute Gasteiger partial charge is 0.482 e. The van der Waals surface area contributed by atoms with Gasteiger partial charge in [0, 0.05) is 30.2 Å². The van der Waals surface area contributed by atoms with Gasteiger partial charge in [-0.25, -0.2) is 8.42 Å². The molecule has 2 heterocycles. The number of piperidine rings is 1. The average molecular weight is 480 g/mol. The Balaban J connectivity index is 1.36. The normalized spacial score (nSPS) is 18.6. The number of aryl methyl sites for hydroxylation is 1. The summed E-state index contributed by atoms with van der Waals surface area (Å²) in [6.07, 6.45) is 1.20. The first-order chi connectivity index (χ1) is 16.3. The number of nitrogens with one attached hydrogen (secondary N) is 2. The quantitative estimate of drug-likeness (QED) is 0.596. The molecule has 0 saturated carbocycles. The molecule has 0 aromatic heterocycles. The second-order valence-electron chi connectivity index (χ2n) is 8.67. The lowest BCUT2D eigenvalue weighted by molar-refractivity contribution is -0.121. The fourth-order valence-corrected chi connectivity index (χ4v) is 6.32. The number of hydrogen-bond acceptors (Lipinski definition) is 5. The van der Waals surface area contributed by atoms with Gasteiger partial charge >= 0.3 is 0 Å². The molecule has 1 fully saturated rings. The summed E-state index contributed by atoms with van der Waals surface area (Å²) in [6.45, 7) is 1.97. The monoisotopic (exact) mass is 479 g/mol. The van der Waals surface area contributed by atoms with E-state index in [-0.39, 0.29) is 29.9 Å². The van der Waals surface area contributed by atoms with Crippen LogP contribution >= 0.6 is 0 Å². The zero-order valence-corrected chi connectivity index (χ0v) is 19.5. The van der Waals surface area contributed by atoms with Crippen LogP contribution in [0.3, 0.4) is 0 Å². The zero-order chi connectivity index (χ0) is 23.9. The van der Waals surface area contributed by atoms with Crippen molar-refractivity contribution < 1.29 is 22.7 Å². The number of fused-ring (bicyclic) bond motifs is 2. The van der Waals surface area contributed by atoms with Crippen molar-refractivity contribution in [1.82, 2.24) is 4.31 Å². The van der Waals surface area contributed by atoms with Gasteiger partial charge < -0.3 is 15.4 Å². The molecule has 5 rings (SSSR count). The van der Waals surface area contributed by atoms with Crippen LogP contribution in [0.25, 0.3) is 10.8 Å². The predicted molar refractivity (Wildman–Crippen MR) is 129 cm³/mol. The van der Waals surface area contributed by atoms with E-state index < -0.39 is 15.9 Å². The minimum absolute atomic E-state index is 0.104. The molecule has 0 unspecified atom stereocenters. The maximum absolute atomic E-state index is 13.5. The first-order valence-electron chi connectivity index (χ1n) is 11.2. The highest BCUT2D eigenvalue weighted by Crippen LogP contribution is 2.35. The van der Waals surface area contributed by atoms with Gasteiger partial charge in [-0.1, -0.05) is 36.4 Å². The van der Waals surface area contributed by atoms with Crippen LogP contribution < -0.4 is 15.4 Å². The van der Waals surface area contributed by atoms with Crippen molar-refractivity contribution in [2.45, 2.75) is 24.7 Å². The second-order valence-corrected chi connectivity index (χ2v) is 10.6. The number of hydrogen-bond donors (Lipinski definition) is 2. The summed E-state index contributed by atoms with van der Waals surface area (Å²) in [5.74, 6) is -0.606. The molecule has 2 aliphatic rings. The molecule has 176 valence electrons. The Bertz CT molecular complexity index is 1400. The molecule has 34 heavy (non-hydrogen) atoms. The highest BCUT2D eigenvalue weighted by molar-refractivity contribution is 7.89. The van der Waals surface area contributed by atoms with Crippen molar-refractivity contribution in [3.63, 3.8) is 0 Å². The second kappa shape index (κ2) is 8.73. The lowest BCUT2D eigenvalue weighted by atomic mass is 9.98. The van der Waals surface area contributed by atoms with Gasteiger partial charge in [-0.3, -0.25) is 9.59 Å². The van der Waals surface area contributed by atoms with Crippen LogP contribution in [0.15, 0.2) is 59.5 Å². The van der Waals surface area contributed by atoms with Gasteiger partial charge in [0.1, 0.15) is 5.75 Å². The first kappa shape index (κ1) is 22.4. The third-order valence-electron chi connectivity index (χ3n) is 6.33. The zero-order valence-electron chi connectivity index (χ0n) is 18.7. The van der Waals surface area contributed by atoms with E-state index in [2.05, 4.69) is 10.6 Å². The van der Waals surface area contributed by atoms with Crippen LogP contribution in [0.2, 0.25) is 0 Å². The van der Waals surface area contributed by atoms with Crippen molar-refractivity contribution >= 4 is 44.0 Å². The highest BCUT2D eigenvalue weighted by Gasteiger charge is 2.35. The van der Waals surface area contributed by atoms with E-state index in [0.29, 0.717) is 42.1 Å². The molecule has 0 spiro atoms. The van der Waals surface area contributed by atoms with Crippen LogP contribution in [0.1, 0.15) is 18.4 Å². The summed E-state index contributed by atoms with van der Waals surface area (Å²) >= 11 is 0. The Labute approximate surface area is 197 Å². The number of carbonyl (C=O) groups excluding carboxylic acids is 2. The van der Waals surface area contributed by atoms with Gasteiger partial charge in [0.25, 0.3) is 5.91 Å². The summed E-state index contributed by atoms with van der Waals surface area (Å²) in [5.41, 5.74) is 1.68. The van der Waals surface area contributed by atoms with Crippen molar-refractivity contribution in [3.05, 3.63) is 60.2 Å². The van der Waals surface area contributed by atoms with Crippen LogP contribution in [-0.4, -0.2) is 44.2 Å². The molecule has 9 heteroatoms. The number of amides is 2. The topological polar surface area (TPSA) is 105 Å². The van der Waals surface area contributed by atoms with Crippen LogP contribution in [-0.2, 0) is 19.6 Å². The number of rotatable bonds is 4. The van der Waals surface area contributed by atoms with E-state index in [9.17, 15) is 18.0 Å². The molecular weight excluding hydrogens is 454 g/mol. The third-order valence-corrected chi connectivity index (χ3v) is 8.34. The number of benzene rings is 3. The van der Waals surface area contributed by atoms with Crippen LogP contribution in [0.4, 0.5) is 11.4 Å². The highest BCUT2D eigenvalue weighted by atomic mass is 32.2.